The van der Waals surface area contributed by atoms with E-state index in [0.29, 0.717) is 13.1 Å². The number of carbonyl (C=O) groups excluding carboxylic acids is 2. The van der Waals surface area contributed by atoms with Crippen molar-refractivity contribution in [3.05, 3.63) is 29.8 Å². The first-order valence-electron chi connectivity index (χ1n) is 6.61. The van der Waals surface area contributed by atoms with Crippen molar-refractivity contribution in [2.75, 3.05) is 39.8 Å². The van der Waals surface area contributed by atoms with Crippen LogP contribution in [0.2, 0.25) is 0 Å². The first-order valence-corrected chi connectivity index (χ1v) is 6.61. The van der Waals surface area contributed by atoms with Gasteiger partial charge in [-0.3, -0.25) is 9.59 Å². The number of likely N-dealkylation sites (N-methyl/N-ethyl adjacent to an activating group) is 1. The molecule has 0 bridgehead atoms. The fourth-order valence-corrected chi connectivity index (χ4v) is 2.15. The average Bonchev–Trinajstić information content (AvgIpc) is 2.48. The number of hydrogen-bond acceptors (Lipinski definition) is 4. The first-order chi connectivity index (χ1) is 9.59. The molecule has 6 nitrogen and oxygen atoms in total. The van der Waals surface area contributed by atoms with E-state index in [1.165, 1.54) is 11.0 Å². The Hall–Kier alpha value is -2.08. The number of rotatable bonds is 3. The highest BCUT2D eigenvalue weighted by atomic mass is 16.3. The number of benzene rings is 1. The van der Waals surface area contributed by atoms with E-state index in [4.69, 9.17) is 0 Å². The van der Waals surface area contributed by atoms with E-state index in [9.17, 15) is 14.7 Å². The molecule has 2 rings (SSSR count). The predicted molar refractivity (Wildman–Crippen MR) is 74.5 cm³/mol. The number of nitrogens with zero attached hydrogens (tertiary/aromatic N) is 2. The minimum absolute atomic E-state index is 0.0210. The zero-order valence-electron chi connectivity index (χ0n) is 11.5. The van der Waals surface area contributed by atoms with Gasteiger partial charge in [-0.25, -0.2) is 0 Å². The average molecular weight is 277 g/mol. The summed E-state index contributed by atoms with van der Waals surface area (Å²) in [6.07, 6.45) is 0. The molecule has 0 aliphatic carbocycles. The van der Waals surface area contributed by atoms with Gasteiger partial charge in [0.1, 0.15) is 5.75 Å². The van der Waals surface area contributed by atoms with E-state index >= 15 is 0 Å². The molecule has 0 saturated carbocycles. The Bertz CT molecular complexity index is 498. The van der Waals surface area contributed by atoms with E-state index < -0.39 is 0 Å². The van der Waals surface area contributed by atoms with Crippen LogP contribution in [0.4, 0.5) is 0 Å². The van der Waals surface area contributed by atoms with Gasteiger partial charge in [0.15, 0.2) is 0 Å². The normalized spacial score (nSPS) is 14.9. The van der Waals surface area contributed by atoms with Gasteiger partial charge in [0.2, 0.25) is 5.91 Å². The van der Waals surface area contributed by atoms with E-state index in [2.05, 4.69) is 5.32 Å². The van der Waals surface area contributed by atoms with Crippen molar-refractivity contribution < 1.29 is 14.7 Å². The second kappa shape index (κ2) is 6.38. The Kier molecular flexibility index (Phi) is 4.57. The highest BCUT2D eigenvalue weighted by Gasteiger charge is 2.21. The maximum atomic E-state index is 12.2. The lowest BCUT2D eigenvalue weighted by atomic mass is 10.2. The molecule has 1 fully saturated rings. The van der Waals surface area contributed by atoms with Crippen molar-refractivity contribution in [2.24, 2.45) is 0 Å². The van der Waals surface area contributed by atoms with Crippen LogP contribution in [0.3, 0.4) is 0 Å². The van der Waals surface area contributed by atoms with Gasteiger partial charge < -0.3 is 20.2 Å². The third-order valence-corrected chi connectivity index (χ3v) is 3.32. The molecule has 0 spiro atoms. The molecule has 0 aromatic heterocycles. The van der Waals surface area contributed by atoms with Gasteiger partial charge >= 0.3 is 0 Å². The number of hydrogen-bond donors (Lipinski definition) is 2. The van der Waals surface area contributed by atoms with Gasteiger partial charge in [0.05, 0.1) is 12.1 Å². The molecule has 0 unspecified atom stereocenters. The van der Waals surface area contributed by atoms with Gasteiger partial charge in [0.25, 0.3) is 5.91 Å². The number of nitrogens with one attached hydrogen (secondary N) is 1. The molecule has 108 valence electrons. The third kappa shape index (κ3) is 3.27. The Morgan fingerprint density at radius 3 is 2.60 bits per heavy atom. The second-order valence-electron chi connectivity index (χ2n) is 4.81. The largest absolute Gasteiger partial charge is 0.507 e. The molecule has 2 N–H and O–H groups in total. The minimum atomic E-state index is -0.355. The topological polar surface area (TPSA) is 72.9 Å². The van der Waals surface area contributed by atoms with Crippen LogP contribution in [0.15, 0.2) is 24.3 Å². The number of carbonyl (C=O) groups is 2. The SMILES string of the molecule is CN(CC(=O)N1CCNCC1)C(=O)c1ccccc1O. The lowest BCUT2D eigenvalue weighted by Gasteiger charge is -2.29. The molecule has 6 heteroatoms. The van der Waals surface area contributed by atoms with Crippen molar-refractivity contribution in [3.63, 3.8) is 0 Å². The summed E-state index contributed by atoms with van der Waals surface area (Å²) >= 11 is 0. The van der Waals surface area contributed by atoms with Crippen molar-refractivity contribution >= 4 is 11.8 Å². The van der Waals surface area contributed by atoms with E-state index in [0.717, 1.165) is 13.1 Å². The fraction of sp³-hybridized carbons (Fsp3) is 0.429. The van der Waals surface area contributed by atoms with Crippen molar-refractivity contribution in [2.45, 2.75) is 0 Å². The number of amides is 2. The Balaban J connectivity index is 1.97. The summed E-state index contributed by atoms with van der Waals surface area (Å²) in [5.74, 6) is -0.497. The summed E-state index contributed by atoms with van der Waals surface area (Å²) in [6, 6.07) is 6.33. The molecule has 1 aromatic carbocycles. The molecule has 0 atom stereocenters. The van der Waals surface area contributed by atoms with Crippen LogP contribution >= 0.6 is 0 Å². The quantitative estimate of drug-likeness (QED) is 0.809. The Morgan fingerprint density at radius 1 is 1.30 bits per heavy atom. The van der Waals surface area contributed by atoms with Crippen LogP contribution in [-0.4, -0.2) is 66.5 Å². The molecule has 1 saturated heterocycles. The summed E-state index contributed by atoms with van der Waals surface area (Å²) in [5.41, 5.74) is 0.211. The van der Waals surface area contributed by atoms with Crippen LogP contribution in [0, 0.1) is 0 Å². The van der Waals surface area contributed by atoms with Gasteiger partial charge in [-0.15, -0.1) is 0 Å². The van der Waals surface area contributed by atoms with Gasteiger partial charge in [0, 0.05) is 33.2 Å². The number of phenols is 1. The summed E-state index contributed by atoms with van der Waals surface area (Å²) in [4.78, 5) is 27.3. The van der Waals surface area contributed by atoms with Crippen LogP contribution in [-0.2, 0) is 4.79 Å². The molecule has 1 aliphatic rings. The Morgan fingerprint density at radius 2 is 1.95 bits per heavy atom. The number of piperazine rings is 1. The number of phenolic OH excluding ortho intramolecular Hbond substituents is 1. The lowest BCUT2D eigenvalue weighted by Crippen LogP contribution is -2.49. The molecule has 1 aromatic rings. The van der Waals surface area contributed by atoms with Crippen molar-refractivity contribution in [1.29, 1.82) is 0 Å². The molecular formula is C14H19N3O3. The van der Waals surface area contributed by atoms with Gasteiger partial charge in [-0.05, 0) is 12.1 Å². The zero-order valence-corrected chi connectivity index (χ0v) is 11.5. The second-order valence-corrected chi connectivity index (χ2v) is 4.81. The highest BCUT2D eigenvalue weighted by molar-refractivity contribution is 5.98. The highest BCUT2D eigenvalue weighted by Crippen LogP contribution is 2.17. The minimum Gasteiger partial charge on any atom is -0.507 e. The first kappa shape index (κ1) is 14.3. The maximum Gasteiger partial charge on any atom is 0.257 e. The van der Waals surface area contributed by atoms with E-state index in [1.54, 1.807) is 30.1 Å². The summed E-state index contributed by atoms with van der Waals surface area (Å²) in [6.45, 7) is 2.91. The van der Waals surface area contributed by atoms with Crippen LogP contribution < -0.4 is 5.32 Å². The maximum absolute atomic E-state index is 12.2. The van der Waals surface area contributed by atoms with E-state index in [-0.39, 0.29) is 29.7 Å². The lowest BCUT2D eigenvalue weighted by molar-refractivity contribution is -0.132. The summed E-state index contributed by atoms with van der Waals surface area (Å²) in [5, 5.41) is 12.8. The number of para-hydroxylation sites is 1. The van der Waals surface area contributed by atoms with Crippen molar-refractivity contribution in [1.82, 2.24) is 15.1 Å². The summed E-state index contributed by atoms with van der Waals surface area (Å²) in [7, 11) is 1.56. The molecule has 1 heterocycles. The summed E-state index contributed by atoms with van der Waals surface area (Å²) < 4.78 is 0. The third-order valence-electron chi connectivity index (χ3n) is 3.32. The smallest absolute Gasteiger partial charge is 0.257 e. The van der Waals surface area contributed by atoms with Crippen LogP contribution in [0.5, 0.6) is 5.75 Å². The predicted octanol–water partition coefficient (Wildman–Crippen LogP) is -0.104. The Labute approximate surface area is 118 Å². The van der Waals surface area contributed by atoms with Gasteiger partial charge in [-0.2, -0.15) is 0 Å². The molecule has 20 heavy (non-hydrogen) atoms. The van der Waals surface area contributed by atoms with Gasteiger partial charge in [-0.1, -0.05) is 12.1 Å². The standard InChI is InChI=1S/C14H19N3O3/c1-16(10-13(19)17-8-6-15-7-9-17)14(20)11-4-2-3-5-12(11)18/h2-5,15,18H,6-10H2,1H3. The monoisotopic (exact) mass is 277 g/mol. The number of aromatic hydroxyl groups is 1. The molecule has 0 radical (unpaired) electrons. The molecular weight excluding hydrogens is 258 g/mol. The van der Waals surface area contributed by atoms with Crippen LogP contribution in [0.1, 0.15) is 10.4 Å². The zero-order chi connectivity index (χ0) is 14.5. The molecule has 1 aliphatic heterocycles. The molecule has 2 amide bonds. The van der Waals surface area contributed by atoms with Crippen molar-refractivity contribution in [3.8, 4) is 5.75 Å². The fourth-order valence-electron chi connectivity index (χ4n) is 2.15. The van der Waals surface area contributed by atoms with Crippen LogP contribution in [0.25, 0.3) is 0 Å². The van der Waals surface area contributed by atoms with E-state index in [1.807, 2.05) is 0 Å².